The number of nitrogens with one attached hydrogen (secondary N) is 1. The average molecular weight is 359 g/mol. The fourth-order valence-corrected chi connectivity index (χ4v) is 3.84. The number of anilines is 1. The molecule has 0 saturated heterocycles. The molecular formula is C17H21N5O2S. The third-order valence-corrected chi connectivity index (χ3v) is 5.50. The Morgan fingerprint density at radius 2 is 1.88 bits per heavy atom. The van der Waals surface area contributed by atoms with Gasteiger partial charge in [0.1, 0.15) is 4.90 Å². The molecule has 2 aromatic heterocycles. The zero-order valence-electron chi connectivity index (χ0n) is 14.7. The molecule has 3 aromatic rings. The fourth-order valence-electron chi connectivity index (χ4n) is 2.68. The maximum Gasteiger partial charge on any atom is 0.265 e. The van der Waals surface area contributed by atoms with E-state index < -0.39 is 10.0 Å². The van der Waals surface area contributed by atoms with Gasteiger partial charge in [-0.05, 0) is 31.9 Å². The highest BCUT2D eigenvalue weighted by molar-refractivity contribution is 7.92. The summed E-state index contributed by atoms with van der Waals surface area (Å²) in [5.74, 6) is 0. The molecule has 2 heterocycles. The number of hydrogen-bond acceptors (Lipinski definition) is 4. The van der Waals surface area contributed by atoms with Gasteiger partial charge in [-0.1, -0.05) is 24.3 Å². The van der Waals surface area contributed by atoms with Gasteiger partial charge in [0, 0.05) is 13.2 Å². The summed E-state index contributed by atoms with van der Waals surface area (Å²) in [6, 6.07) is 8.08. The van der Waals surface area contributed by atoms with Crippen molar-refractivity contribution < 1.29 is 8.42 Å². The van der Waals surface area contributed by atoms with E-state index in [1.807, 2.05) is 42.8 Å². The summed E-state index contributed by atoms with van der Waals surface area (Å²) in [7, 11) is -2.02. The summed E-state index contributed by atoms with van der Waals surface area (Å²) in [6.45, 7) is 6.29. The minimum absolute atomic E-state index is 0.125. The molecule has 1 N–H and O–H groups in total. The fraction of sp³-hybridized carbons (Fsp3) is 0.294. The van der Waals surface area contributed by atoms with E-state index in [0.717, 1.165) is 11.3 Å². The largest absolute Gasteiger partial charge is 0.276 e. The molecule has 1 aromatic carbocycles. The highest BCUT2D eigenvalue weighted by Gasteiger charge is 2.21. The number of hydrogen-bond donors (Lipinski definition) is 1. The molecule has 7 nitrogen and oxygen atoms in total. The van der Waals surface area contributed by atoms with Gasteiger partial charge in [-0.25, -0.2) is 8.42 Å². The van der Waals surface area contributed by atoms with Crippen LogP contribution in [0.1, 0.15) is 22.5 Å². The average Bonchev–Trinajstić information content (AvgIpc) is 3.09. The molecule has 0 aliphatic heterocycles. The van der Waals surface area contributed by atoms with Crippen LogP contribution in [0.2, 0.25) is 0 Å². The lowest BCUT2D eigenvalue weighted by Gasteiger charge is -2.09. The first-order valence-corrected chi connectivity index (χ1v) is 9.36. The van der Waals surface area contributed by atoms with Crippen molar-refractivity contribution in [2.45, 2.75) is 32.2 Å². The molecule has 0 amide bonds. The molecule has 0 bridgehead atoms. The molecule has 0 atom stereocenters. The van der Waals surface area contributed by atoms with Crippen LogP contribution in [0.25, 0.3) is 0 Å². The van der Waals surface area contributed by atoms with E-state index in [1.165, 1.54) is 22.6 Å². The number of rotatable bonds is 5. The lowest BCUT2D eigenvalue weighted by molar-refractivity contribution is 0.601. The van der Waals surface area contributed by atoms with Crippen molar-refractivity contribution in [3.05, 3.63) is 59.2 Å². The van der Waals surface area contributed by atoms with Crippen molar-refractivity contribution in [2.24, 2.45) is 7.05 Å². The highest BCUT2D eigenvalue weighted by atomic mass is 32.2. The van der Waals surface area contributed by atoms with Gasteiger partial charge in [0.15, 0.2) is 0 Å². The molecule has 3 rings (SSSR count). The molecule has 0 unspecified atom stereocenters. The molecule has 0 saturated carbocycles. The molecule has 8 heteroatoms. The van der Waals surface area contributed by atoms with Gasteiger partial charge < -0.3 is 0 Å². The zero-order chi connectivity index (χ0) is 18.2. The molecule has 132 valence electrons. The van der Waals surface area contributed by atoms with E-state index in [2.05, 4.69) is 14.9 Å². The van der Waals surface area contributed by atoms with Crippen LogP contribution in [0.4, 0.5) is 5.69 Å². The second-order valence-corrected chi connectivity index (χ2v) is 7.77. The van der Waals surface area contributed by atoms with Gasteiger partial charge in [0.2, 0.25) is 0 Å². The van der Waals surface area contributed by atoms with Crippen molar-refractivity contribution in [3.63, 3.8) is 0 Å². The third kappa shape index (κ3) is 3.43. The van der Waals surface area contributed by atoms with Gasteiger partial charge in [-0.15, -0.1) is 0 Å². The van der Waals surface area contributed by atoms with Crippen LogP contribution in [0.5, 0.6) is 0 Å². The number of aromatic nitrogens is 4. The molecule has 0 radical (unpaired) electrons. The van der Waals surface area contributed by atoms with Crippen LogP contribution < -0.4 is 4.72 Å². The standard InChI is InChI=1S/C17H21N5O2S/c1-12-7-5-6-8-15(12)10-22-14(3)17(13(2)19-22)20-25(23,24)16-9-18-21(4)11-16/h5-9,11,20H,10H2,1-4H3. The summed E-state index contributed by atoms with van der Waals surface area (Å²) in [4.78, 5) is 0.125. The lowest BCUT2D eigenvalue weighted by atomic mass is 10.1. The van der Waals surface area contributed by atoms with Gasteiger partial charge in [-0.2, -0.15) is 10.2 Å². The Kier molecular flexibility index (Phi) is 4.38. The minimum Gasteiger partial charge on any atom is -0.276 e. The number of sulfonamides is 1. The third-order valence-electron chi connectivity index (χ3n) is 4.19. The number of nitrogens with zero attached hydrogens (tertiary/aromatic N) is 4. The van der Waals surface area contributed by atoms with Crippen LogP contribution in [0.3, 0.4) is 0 Å². The lowest BCUT2D eigenvalue weighted by Crippen LogP contribution is -2.14. The smallest absolute Gasteiger partial charge is 0.265 e. The van der Waals surface area contributed by atoms with Gasteiger partial charge in [-0.3, -0.25) is 14.1 Å². The van der Waals surface area contributed by atoms with Crippen molar-refractivity contribution in [1.82, 2.24) is 19.6 Å². The Bertz CT molecular complexity index is 1020. The monoisotopic (exact) mass is 359 g/mol. The van der Waals surface area contributed by atoms with Crippen LogP contribution in [-0.4, -0.2) is 28.0 Å². The predicted molar refractivity (Wildman–Crippen MR) is 96.0 cm³/mol. The second kappa shape index (κ2) is 6.36. The van der Waals surface area contributed by atoms with E-state index in [0.29, 0.717) is 17.9 Å². The summed E-state index contributed by atoms with van der Waals surface area (Å²) < 4.78 is 31.0. The molecule has 0 aliphatic carbocycles. The van der Waals surface area contributed by atoms with Gasteiger partial charge in [0.05, 0.1) is 29.8 Å². The van der Waals surface area contributed by atoms with Crippen LogP contribution in [0, 0.1) is 20.8 Å². The number of aryl methyl sites for hydroxylation is 3. The Labute approximate surface area is 147 Å². The normalized spacial score (nSPS) is 11.7. The Morgan fingerprint density at radius 3 is 2.52 bits per heavy atom. The van der Waals surface area contributed by atoms with Gasteiger partial charge >= 0.3 is 0 Å². The van der Waals surface area contributed by atoms with E-state index in [1.54, 1.807) is 14.0 Å². The minimum atomic E-state index is -3.69. The maximum atomic E-state index is 12.5. The molecule has 0 aliphatic rings. The van der Waals surface area contributed by atoms with Crippen molar-refractivity contribution in [2.75, 3.05) is 4.72 Å². The summed E-state index contributed by atoms with van der Waals surface area (Å²) >= 11 is 0. The van der Waals surface area contributed by atoms with E-state index in [9.17, 15) is 8.42 Å². The first kappa shape index (κ1) is 17.2. The van der Waals surface area contributed by atoms with Crippen molar-refractivity contribution in [1.29, 1.82) is 0 Å². The van der Waals surface area contributed by atoms with Crippen LogP contribution >= 0.6 is 0 Å². The SMILES string of the molecule is Cc1ccccc1Cn1nc(C)c(NS(=O)(=O)c2cnn(C)c2)c1C. The number of benzene rings is 1. The Morgan fingerprint density at radius 1 is 1.16 bits per heavy atom. The molecule has 0 fully saturated rings. The maximum absolute atomic E-state index is 12.5. The van der Waals surface area contributed by atoms with Crippen molar-refractivity contribution in [3.8, 4) is 0 Å². The molecule has 0 spiro atoms. The highest BCUT2D eigenvalue weighted by Crippen LogP contribution is 2.24. The van der Waals surface area contributed by atoms with Crippen LogP contribution in [-0.2, 0) is 23.6 Å². The summed E-state index contributed by atoms with van der Waals surface area (Å²) in [5, 5.41) is 8.42. The van der Waals surface area contributed by atoms with E-state index in [-0.39, 0.29) is 4.90 Å². The molecule has 25 heavy (non-hydrogen) atoms. The quantitative estimate of drug-likeness (QED) is 0.758. The van der Waals surface area contributed by atoms with Crippen molar-refractivity contribution >= 4 is 15.7 Å². The zero-order valence-corrected chi connectivity index (χ0v) is 15.5. The first-order valence-electron chi connectivity index (χ1n) is 7.88. The Balaban J connectivity index is 1.91. The topological polar surface area (TPSA) is 81.8 Å². The van der Waals surface area contributed by atoms with Gasteiger partial charge in [0.25, 0.3) is 10.0 Å². The summed E-state index contributed by atoms with van der Waals surface area (Å²) in [5.41, 5.74) is 4.24. The van der Waals surface area contributed by atoms with E-state index in [4.69, 9.17) is 0 Å². The van der Waals surface area contributed by atoms with E-state index >= 15 is 0 Å². The predicted octanol–water partition coefficient (Wildman–Crippen LogP) is 2.39. The Hall–Kier alpha value is -2.61. The second-order valence-electron chi connectivity index (χ2n) is 6.09. The summed E-state index contributed by atoms with van der Waals surface area (Å²) in [6.07, 6.45) is 2.79. The molecular weight excluding hydrogens is 338 g/mol. The van der Waals surface area contributed by atoms with Crippen LogP contribution in [0.15, 0.2) is 41.6 Å². The first-order chi connectivity index (χ1) is 11.8.